The Kier molecular flexibility index (Phi) is 6.30. The Morgan fingerprint density at radius 1 is 0.778 bits per heavy atom. The van der Waals surface area contributed by atoms with Crippen LogP contribution in [0.2, 0.25) is 0 Å². The molecule has 0 amide bonds. The van der Waals surface area contributed by atoms with E-state index in [2.05, 4.69) is 24.3 Å². The van der Waals surface area contributed by atoms with Crippen LogP contribution in [0.15, 0.2) is 102 Å². The Morgan fingerprint density at radius 3 is 2.11 bits per heavy atom. The summed E-state index contributed by atoms with van der Waals surface area (Å²) in [5.74, 6) is -0.486. The van der Waals surface area contributed by atoms with E-state index in [1.165, 1.54) is 21.7 Å². The summed E-state index contributed by atoms with van der Waals surface area (Å²) in [4.78, 5) is 14.5. The average Bonchev–Trinajstić information content (AvgIpc) is 3.17. The smallest absolute Gasteiger partial charge is 0.446 e. The van der Waals surface area contributed by atoms with E-state index >= 15 is 0 Å². The second-order valence-electron chi connectivity index (χ2n) is 8.80. The maximum atomic E-state index is 13.2. The van der Waals surface area contributed by atoms with Crippen LogP contribution in [-0.4, -0.2) is 11.5 Å². The molecule has 0 radical (unpaired) electrons. The third-order valence-corrected chi connectivity index (χ3v) is 9.02. The van der Waals surface area contributed by atoms with Gasteiger partial charge in [-0.05, 0) is 85.8 Å². The monoisotopic (exact) mass is 523 g/mol. The molecule has 182 valence electrons. The van der Waals surface area contributed by atoms with Gasteiger partial charge in [0.1, 0.15) is 5.60 Å². The van der Waals surface area contributed by atoms with Crippen LogP contribution in [0.1, 0.15) is 29.8 Å². The molecule has 0 saturated carbocycles. The maximum Gasteiger partial charge on any atom is 0.446 e. The van der Waals surface area contributed by atoms with E-state index in [4.69, 9.17) is 4.74 Å². The van der Waals surface area contributed by atoms with Crippen LogP contribution >= 0.6 is 22.2 Å². The van der Waals surface area contributed by atoms with E-state index < -0.39 is 17.1 Å². The Labute approximate surface area is 213 Å². The van der Waals surface area contributed by atoms with Gasteiger partial charge in [-0.25, -0.2) is 4.79 Å². The largest absolute Gasteiger partial charge is 0.451 e. The topological polar surface area (TPSA) is 26.3 Å². The van der Waals surface area contributed by atoms with Gasteiger partial charge in [0.15, 0.2) is 14.3 Å². The number of fused-ring (bicyclic) bond motifs is 3. The molecule has 1 aromatic heterocycles. The standard InChI is InChI=1S/C29H22F3O2S2/c1-28(2,20-13-15-21(16-14-20)35-29(30,31)32)34-27(33)19-12-17-26-24(18-19)23-10-6-7-11-25(23)36(26)22-8-4-3-5-9-22/h3-18H,1-2H3/q+1. The number of halogens is 3. The lowest BCUT2D eigenvalue weighted by atomic mass is 9.98. The zero-order chi connectivity index (χ0) is 25.5. The maximum absolute atomic E-state index is 13.2. The Balaban J connectivity index is 1.47. The Bertz CT molecular complexity index is 1550. The number of alkyl halides is 3. The number of hydrogen-bond acceptors (Lipinski definition) is 3. The van der Waals surface area contributed by atoms with E-state index in [1.54, 1.807) is 32.0 Å². The zero-order valence-corrected chi connectivity index (χ0v) is 21.1. The number of esters is 1. The third-order valence-electron chi connectivity index (χ3n) is 5.94. The molecule has 0 bridgehead atoms. The van der Waals surface area contributed by atoms with Gasteiger partial charge in [-0.3, -0.25) is 0 Å². The number of carbonyl (C=O) groups is 1. The molecular formula is C29H22F3O2S2+. The lowest BCUT2D eigenvalue weighted by Crippen LogP contribution is -2.25. The zero-order valence-electron chi connectivity index (χ0n) is 19.5. The first-order chi connectivity index (χ1) is 17.1. The molecule has 7 heteroatoms. The van der Waals surface area contributed by atoms with Crippen LogP contribution in [0.25, 0.3) is 25.1 Å². The van der Waals surface area contributed by atoms with Crippen LogP contribution in [0, 0.1) is 0 Å². The highest BCUT2D eigenvalue weighted by molar-refractivity contribution is 8.00. The Morgan fingerprint density at radius 2 is 1.42 bits per heavy atom. The highest BCUT2D eigenvalue weighted by atomic mass is 32.2. The fourth-order valence-electron chi connectivity index (χ4n) is 4.25. The molecular weight excluding hydrogens is 501 g/mol. The lowest BCUT2D eigenvalue weighted by Gasteiger charge is -2.26. The van der Waals surface area contributed by atoms with Gasteiger partial charge >= 0.3 is 11.5 Å². The first-order valence-corrected chi connectivity index (χ1v) is 13.3. The summed E-state index contributed by atoms with van der Waals surface area (Å²) in [5, 5.41) is 2.12. The molecule has 0 spiro atoms. The van der Waals surface area contributed by atoms with Crippen LogP contribution < -0.4 is 0 Å². The van der Waals surface area contributed by atoms with Gasteiger partial charge in [-0.2, -0.15) is 13.2 Å². The van der Waals surface area contributed by atoms with E-state index in [-0.39, 0.29) is 27.1 Å². The molecule has 0 fully saturated rings. The average molecular weight is 524 g/mol. The molecule has 0 N–H and O–H groups in total. The second kappa shape index (κ2) is 9.30. The number of thioether (sulfide) groups is 1. The minimum absolute atomic E-state index is 0.0828. The number of rotatable bonds is 5. The summed E-state index contributed by atoms with van der Waals surface area (Å²) in [6.45, 7) is 3.46. The first kappa shape index (κ1) is 24.4. The fraction of sp³-hybridized carbons (Fsp3) is 0.138. The summed E-state index contributed by atoms with van der Waals surface area (Å²) in [5.41, 5.74) is -4.33. The highest BCUT2D eigenvalue weighted by Crippen LogP contribution is 2.48. The van der Waals surface area contributed by atoms with Crippen molar-refractivity contribution in [1.29, 1.82) is 0 Å². The van der Waals surface area contributed by atoms with E-state index in [9.17, 15) is 18.0 Å². The normalized spacial score (nSPS) is 12.8. The second-order valence-corrected chi connectivity index (χ2v) is 11.9. The van der Waals surface area contributed by atoms with Gasteiger partial charge < -0.3 is 4.74 Å². The molecule has 0 saturated heterocycles. The van der Waals surface area contributed by atoms with Crippen molar-refractivity contribution >= 4 is 48.4 Å². The van der Waals surface area contributed by atoms with Crippen LogP contribution in [0.3, 0.4) is 0 Å². The summed E-state index contributed by atoms with van der Waals surface area (Å²) in [6, 6.07) is 30.1. The van der Waals surface area contributed by atoms with Crippen LogP contribution in [-0.2, 0) is 10.3 Å². The number of ether oxygens (including phenoxy) is 1. The highest BCUT2D eigenvalue weighted by Gasteiger charge is 2.31. The molecule has 1 unspecified atom stereocenters. The lowest BCUT2D eigenvalue weighted by molar-refractivity contribution is -0.0328. The third kappa shape index (κ3) is 4.86. The molecule has 4 aromatic carbocycles. The molecule has 0 aliphatic heterocycles. The van der Waals surface area contributed by atoms with Gasteiger partial charge in [0.25, 0.3) is 0 Å². The summed E-state index contributed by atoms with van der Waals surface area (Å²) < 4.78 is 46.1. The van der Waals surface area contributed by atoms with Crippen molar-refractivity contribution in [2.24, 2.45) is 0 Å². The Hall–Kier alpha value is -3.29. The molecule has 36 heavy (non-hydrogen) atoms. The SMILES string of the molecule is CC(C)(OC(=O)c1ccc2c(c1)c1ccccc1[s+]2-c1ccccc1)c1ccc(SC(F)(F)F)cc1. The van der Waals surface area contributed by atoms with Crippen molar-refractivity contribution in [3.8, 4) is 4.90 Å². The van der Waals surface area contributed by atoms with Crippen LogP contribution in [0.4, 0.5) is 13.2 Å². The summed E-state index contributed by atoms with van der Waals surface area (Å²) in [7, 11) is -0.255. The van der Waals surface area contributed by atoms with Crippen molar-refractivity contribution < 1.29 is 22.7 Å². The number of hydrogen-bond donors (Lipinski definition) is 0. The molecule has 2 nitrogen and oxygen atoms in total. The van der Waals surface area contributed by atoms with Crippen LogP contribution in [0.5, 0.6) is 0 Å². The van der Waals surface area contributed by atoms with E-state index in [0.29, 0.717) is 11.1 Å². The fourth-order valence-corrected chi connectivity index (χ4v) is 7.17. The van der Waals surface area contributed by atoms with Crippen molar-refractivity contribution in [2.75, 3.05) is 0 Å². The molecule has 1 atom stereocenters. The van der Waals surface area contributed by atoms with Crippen molar-refractivity contribution in [1.82, 2.24) is 0 Å². The molecule has 1 heterocycles. The van der Waals surface area contributed by atoms with Gasteiger partial charge in [0.2, 0.25) is 0 Å². The summed E-state index contributed by atoms with van der Waals surface area (Å²) >= 11 is -0.172. The van der Waals surface area contributed by atoms with Crippen molar-refractivity contribution in [3.63, 3.8) is 0 Å². The predicted molar refractivity (Wildman–Crippen MR) is 142 cm³/mol. The van der Waals surface area contributed by atoms with Gasteiger partial charge in [0, 0.05) is 26.1 Å². The molecule has 0 aliphatic rings. The molecule has 5 aromatic rings. The predicted octanol–water partition coefficient (Wildman–Crippen LogP) is 9.44. The number of carbonyl (C=O) groups excluding carboxylic acids is 1. The van der Waals surface area contributed by atoms with Crippen molar-refractivity contribution in [2.45, 2.75) is 29.9 Å². The number of thiophene rings is 1. The van der Waals surface area contributed by atoms with Crippen molar-refractivity contribution in [3.05, 3.63) is 108 Å². The van der Waals surface area contributed by atoms with Gasteiger partial charge in [-0.1, -0.05) is 42.5 Å². The molecule has 5 rings (SSSR count). The van der Waals surface area contributed by atoms with Gasteiger partial charge in [0.05, 0.1) is 5.56 Å². The minimum atomic E-state index is -4.35. The van der Waals surface area contributed by atoms with E-state index in [0.717, 1.165) is 15.5 Å². The van der Waals surface area contributed by atoms with E-state index in [1.807, 2.05) is 42.5 Å². The van der Waals surface area contributed by atoms with Gasteiger partial charge in [-0.15, -0.1) is 0 Å². The number of benzene rings is 4. The quantitative estimate of drug-likeness (QED) is 0.130. The summed E-state index contributed by atoms with van der Waals surface area (Å²) in [6.07, 6.45) is 0. The minimum Gasteiger partial charge on any atom is -0.451 e. The first-order valence-electron chi connectivity index (χ1n) is 11.2. The molecule has 0 aliphatic carbocycles.